The maximum absolute atomic E-state index is 12.4. The van der Waals surface area contributed by atoms with Crippen LogP contribution in [0.2, 0.25) is 0 Å². The summed E-state index contributed by atoms with van der Waals surface area (Å²) in [7, 11) is 0. The average molecular weight is 402 g/mol. The fraction of sp³-hybridized carbons (Fsp3) is 0.320. The molecule has 5 nitrogen and oxygen atoms in total. The Hall–Kier alpha value is -3.39. The van der Waals surface area contributed by atoms with Crippen molar-refractivity contribution in [1.82, 2.24) is 0 Å². The average Bonchev–Trinajstić information content (AvgIpc) is 2.73. The Kier molecular flexibility index (Phi) is 7.03. The summed E-state index contributed by atoms with van der Waals surface area (Å²) in [6, 6.07) is 15.1. The molecule has 0 aromatic heterocycles. The molecule has 0 bridgehead atoms. The van der Waals surface area contributed by atoms with Gasteiger partial charge in [0.2, 0.25) is 5.91 Å². The van der Waals surface area contributed by atoms with E-state index in [1.165, 1.54) is 5.56 Å². The summed E-state index contributed by atoms with van der Waals surface area (Å²) in [6.45, 7) is 2.02. The first kappa shape index (κ1) is 21.3. The zero-order valence-electron chi connectivity index (χ0n) is 17.1. The number of hydrogen-bond acceptors (Lipinski definition) is 3. The van der Waals surface area contributed by atoms with Crippen molar-refractivity contribution < 1.29 is 14.7 Å². The number of nitrogens with zero attached hydrogens (tertiary/aromatic N) is 1. The maximum Gasteiger partial charge on any atom is 0.335 e. The number of rotatable bonds is 6. The van der Waals surface area contributed by atoms with Crippen molar-refractivity contribution in [3.8, 4) is 6.07 Å². The number of carbonyl (C=O) groups is 2. The summed E-state index contributed by atoms with van der Waals surface area (Å²) in [5.41, 5.74) is 5.33. The minimum atomic E-state index is -0.919. The van der Waals surface area contributed by atoms with E-state index < -0.39 is 5.97 Å². The van der Waals surface area contributed by atoms with Crippen LogP contribution in [-0.2, 0) is 17.6 Å². The molecule has 2 aromatic rings. The van der Waals surface area contributed by atoms with E-state index in [1.54, 1.807) is 18.2 Å². The number of aryl methyl sites for hydroxylation is 3. The van der Waals surface area contributed by atoms with E-state index in [0.29, 0.717) is 5.56 Å². The highest BCUT2D eigenvalue weighted by atomic mass is 16.4. The fourth-order valence-electron chi connectivity index (χ4n) is 3.85. The van der Waals surface area contributed by atoms with Gasteiger partial charge in [-0.1, -0.05) is 24.6 Å². The Bertz CT molecular complexity index is 1000. The summed E-state index contributed by atoms with van der Waals surface area (Å²) in [4.78, 5) is 23.3. The molecule has 0 radical (unpaired) electrons. The summed E-state index contributed by atoms with van der Waals surface area (Å²) >= 11 is 0. The Labute approximate surface area is 177 Å². The van der Waals surface area contributed by atoms with Gasteiger partial charge < -0.3 is 10.4 Å². The maximum atomic E-state index is 12.4. The van der Waals surface area contributed by atoms with Crippen LogP contribution in [-0.4, -0.2) is 17.0 Å². The number of nitriles is 1. The van der Waals surface area contributed by atoms with E-state index in [0.717, 1.165) is 60.9 Å². The lowest BCUT2D eigenvalue weighted by Crippen LogP contribution is -2.14. The van der Waals surface area contributed by atoms with Gasteiger partial charge in [0.05, 0.1) is 17.6 Å². The number of carboxylic acids is 1. The highest BCUT2D eigenvalue weighted by molar-refractivity contribution is 6.00. The molecule has 30 heavy (non-hydrogen) atoms. The summed E-state index contributed by atoms with van der Waals surface area (Å²) < 4.78 is 0. The molecule has 3 rings (SSSR count). The van der Waals surface area contributed by atoms with Crippen LogP contribution in [0.3, 0.4) is 0 Å². The van der Waals surface area contributed by atoms with Crippen LogP contribution in [0, 0.1) is 24.2 Å². The highest BCUT2D eigenvalue weighted by Gasteiger charge is 2.19. The molecule has 0 aliphatic heterocycles. The van der Waals surface area contributed by atoms with Crippen molar-refractivity contribution in [2.45, 2.75) is 45.4 Å². The lowest BCUT2D eigenvalue weighted by atomic mass is 9.85. The third kappa shape index (κ3) is 5.57. The molecule has 2 aromatic carbocycles. The molecule has 5 heteroatoms. The monoisotopic (exact) mass is 402 g/mol. The number of aromatic carboxylic acids is 1. The number of carbonyl (C=O) groups excluding carboxylic acids is 1. The van der Waals surface area contributed by atoms with Gasteiger partial charge in [0.1, 0.15) is 0 Å². The first-order chi connectivity index (χ1) is 14.5. The minimum absolute atomic E-state index is 0.141. The standard InChI is InChI=1S/C25H26N2O3/c1-17-14-23(27-24(28)15-21-4-2-3-5-22(21)16-26)13-12-19(17)9-6-18-7-10-20(11-8-18)25(29)30/h7-8,10-15,22H,2-6,9H2,1H3,(H,27,28)(H,29,30). The molecule has 154 valence electrons. The van der Waals surface area contributed by atoms with Gasteiger partial charge in [0, 0.05) is 11.8 Å². The van der Waals surface area contributed by atoms with Crippen LogP contribution in [0.4, 0.5) is 5.69 Å². The number of hydrogen-bond donors (Lipinski definition) is 2. The minimum Gasteiger partial charge on any atom is -0.478 e. The second-order valence-electron chi connectivity index (χ2n) is 7.78. The quantitative estimate of drug-likeness (QED) is 0.661. The van der Waals surface area contributed by atoms with Crippen LogP contribution in [0.25, 0.3) is 0 Å². The number of benzene rings is 2. The van der Waals surface area contributed by atoms with E-state index >= 15 is 0 Å². The van der Waals surface area contributed by atoms with E-state index in [-0.39, 0.29) is 11.8 Å². The molecule has 1 fully saturated rings. The van der Waals surface area contributed by atoms with Gasteiger partial charge >= 0.3 is 5.97 Å². The normalized spacial score (nSPS) is 17.3. The molecule has 1 aliphatic carbocycles. The molecular formula is C25H26N2O3. The molecular weight excluding hydrogens is 376 g/mol. The summed E-state index contributed by atoms with van der Waals surface area (Å²) in [5, 5.41) is 21.1. The van der Waals surface area contributed by atoms with Gasteiger partial charge in [-0.05, 0) is 85.6 Å². The lowest BCUT2D eigenvalue weighted by molar-refractivity contribution is -0.112. The van der Waals surface area contributed by atoms with Gasteiger partial charge in [-0.15, -0.1) is 0 Å². The largest absolute Gasteiger partial charge is 0.478 e. The van der Waals surface area contributed by atoms with E-state index in [2.05, 4.69) is 11.4 Å². The number of allylic oxidation sites excluding steroid dienone is 1. The highest BCUT2D eigenvalue weighted by Crippen LogP contribution is 2.28. The molecule has 2 N–H and O–H groups in total. The second kappa shape index (κ2) is 9.89. The van der Waals surface area contributed by atoms with Crippen LogP contribution < -0.4 is 5.32 Å². The summed E-state index contributed by atoms with van der Waals surface area (Å²) in [5.74, 6) is -1.24. The van der Waals surface area contributed by atoms with Crippen molar-refractivity contribution in [2.75, 3.05) is 5.32 Å². The molecule has 1 atom stereocenters. The second-order valence-corrected chi connectivity index (χ2v) is 7.78. The Morgan fingerprint density at radius 2 is 1.93 bits per heavy atom. The molecule has 1 saturated carbocycles. The zero-order chi connectivity index (χ0) is 21.5. The van der Waals surface area contributed by atoms with Gasteiger partial charge in [0.15, 0.2) is 0 Å². The van der Waals surface area contributed by atoms with Gasteiger partial charge in [-0.25, -0.2) is 4.79 Å². The van der Waals surface area contributed by atoms with Crippen molar-refractivity contribution in [3.05, 3.63) is 76.4 Å². The number of carboxylic acid groups (broad SMARTS) is 1. The Balaban J connectivity index is 1.60. The predicted molar refractivity (Wildman–Crippen MR) is 116 cm³/mol. The number of nitrogens with one attached hydrogen (secondary N) is 1. The number of amides is 1. The third-order valence-corrected chi connectivity index (χ3v) is 5.62. The number of anilines is 1. The Morgan fingerprint density at radius 3 is 2.60 bits per heavy atom. The van der Waals surface area contributed by atoms with Crippen molar-refractivity contribution in [3.63, 3.8) is 0 Å². The van der Waals surface area contributed by atoms with Crippen LogP contribution in [0.1, 0.15) is 52.7 Å². The first-order valence-electron chi connectivity index (χ1n) is 10.3. The van der Waals surface area contributed by atoms with E-state index in [4.69, 9.17) is 5.11 Å². The third-order valence-electron chi connectivity index (χ3n) is 5.62. The SMILES string of the molecule is Cc1cc(NC(=O)C=C2CCCCC2C#N)ccc1CCc1ccc(C(=O)O)cc1. The molecule has 0 saturated heterocycles. The van der Waals surface area contributed by atoms with Crippen LogP contribution in [0.15, 0.2) is 54.1 Å². The Morgan fingerprint density at radius 1 is 1.17 bits per heavy atom. The van der Waals surface area contributed by atoms with Gasteiger partial charge in [-0.3, -0.25) is 4.79 Å². The molecule has 0 heterocycles. The fourth-order valence-corrected chi connectivity index (χ4v) is 3.85. The zero-order valence-corrected chi connectivity index (χ0v) is 17.1. The molecule has 1 amide bonds. The molecule has 1 aliphatic rings. The molecule has 1 unspecified atom stereocenters. The topological polar surface area (TPSA) is 90.2 Å². The van der Waals surface area contributed by atoms with Crippen LogP contribution in [0.5, 0.6) is 0 Å². The van der Waals surface area contributed by atoms with E-state index in [9.17, 15) is 14.9 Å². The summed E-state index contributed by atoms with van der Waals surface area (Å²) in [6.07, 6.45) is 6.97. The first-order valence-corrected chi connectivity index (χ1v) is 10.3. The van der Waals surface area contributed by atoms with Crippen molar-refractivity contribution in [1.29, 1.82) is 5.26 Å². The van der Waals surface area contributed by atoms with Crippen LogP contribution >= 0.6 is 0 Å². The lowest BCUT2D eigenvalue weighted by Gasteiger charge is -2.19. The van der Waals surface area contributed by atoms with Crippen molar-refractivity contribution >= 4 is 17.6 Å². The predicted octanol–water partition coefficient (Wildman–Crippen LogP) is 5.06. The van der Waals surface area contributed by atoms with Gasteiger partial charge in [0.25, 0.3) is 0 Å². The smallest absolute Gasteiger partial charge is 0.335 e. The molecule has 0 spiro atoms. The van der Waals surface area contributed by atoms with Crippen molar-refractivity contribution in [2.24, 2.45) is 5.92 Å². The van der Waals surface area contributed by atoms with Gasteiger partial charge in [-0.2, -0.15) is 5.26 Å². The van der Waals surface area contributed by atoms with E-state index in [1.807, 2.05) is 37.3 Å².